The number of benzene rings is 1. The van der Waals surface area contributed by atoms with Gasteiger partial charge in [0.15, 0.2) is 0 Å². The van der Waals surface area contributed by atoms with Crippen molar-refractivity contribution in [2.75, 3.05) is 0 Å². The van der Waals surface area contributed by atoms with Gasteiger partial charge in [-0.15, -0.1) is 0 Å². The van der Waals surface area contributed by atoms with Gasteiger partial charge < -0.3 is 10.1 Å². The molecular formula is C12H13NO2. The number of carbonyl (C=O) groups is 1. The normalized spacial score (nSPS) is 19.7. The lowest BCUT2D eigenvalue weighted by Crippen LogP contribution is -2.19. The Morgan fingerprint density at radius 2 is 2.07 bits per heavy atom. The molecule has 1 aromatic rings. The first-order valence-electron chi connectivity index (χ1n) is 4.96. The second-order valence-corrected chi connectivity index (χ2v) is 3.52. The van der Waals surface area contributed by atoms with E-state index in [4.69, 9.17) is 4.74 Å². The lowest BCUT2D eigenvalue weighted by molar-refractivity contribution is -0.138. The minimum atomic E-state index is -0.266. The van der Waals surface area contributed by atoms with Gasteiger partial charge in [0, 0.05) is 12.6 Å². The van der Waals surface area contributed by atoms with E-state index in [-0.39, 0.29) is 12.1 Å². The summed E-state index contributed by atoms with van der Waals surface area (Å²) in [6.45, 7) is 2.57. The average molecular weight is 203 g/mol. The maximum Gasteiger partial charge on any atom is 0.333 e. The zero-order valence-corrected chi connectivity index (χ0v) is 8.57. The van der Waals surface area contributed by atoms with Crippen LogP contribution in [-0.4, -0.2) is 12.1 Å². The second kappa shape index (κ2) is 4.17. The fourth-order valence-corrected chi connectivity index (χ4v) is 1.51. The highest BCUT2D eigenvalue weighted by Gasteiger charge is 2.20. The van der Waals surface area contributed by atoms with Gasteiger partial charge in [0.25, 0.3) is 0 Å². The third-order valence-electron chi connectivity index (χ3n) is 2.34. The summed E-state index contributed by atoms with van der Waals surface area (Å²) in [6.07, 6.45) is 1.36. The van der Waals surface area contributed by atoms with Crippen molar-refractivity contribution in [3.05, 3.63) is 47.7 Å². The van der Waals surface area contributed by atoms with Crippen LogP contribution in [0.4, 0.5) is 0 Å². The van der Waals surface area contributed by atoms with Crippen LogP contribution in [0.5, 0.6) is 0 Å². The lowest BCUT2D eigenvalue weighted by atomic mass is 10.2. The molecule has 1 aliphatic rings. The number of carbonyl (C=O) groups excluding carboxylic acids is 1. The number of nitrogens with one attached hydrogen (secondary N) is 1. The van der Waals surface area contributed by atoms with Crippen molar-refractivity contribution in [3.63, 3.8) is 0 Å². The molecule has 0 bridgehead atoms. The summed E-state index contributed by atoms with van der Waals surface area (Å²) in [7, 11) is 0. The average Bonchev–Trinajstić information content (AvgIpc) is 2.56. The number of rotatable bonds is 3. The first-order chi connectivity index (χ1) is 7.25. The molecule has 0 radical (unpaired) electrons. The Balaban J connectivity index is 1.94. The van der Waals surface area contributed by atoms with Crippen LogP contribution in [0, 0.1) is 0 Å². The third kappa shape index (κ3) is 2.37. The van der Waals surface area contributed by atoms with Gasteiger partial charge in [0.1, 0.15) is 6.10 Å². The van der Waals surface area contributed by atoms with Gasteiger partial charge in [-0.25, -0.2) is 4.79 Å². The summed E-state index contributed by atoms with van der Waals surface area (Å²) in [5, 5.41) is 3.19. The van der Waals surface area contributed by atoms with Gasteiger partial charge in [0.05, 0.1) is 5.70 Å². The minimum absolute atomic E-state index is 0.152. The Kier molecular flexibility index (Phi) is 2.72. The molecule has 3 nitrogen and oxygen atoms in total. The van der Waals surface area contributed by atoms with Gasteiger partial charge in [-0.1, -0.05) is 30.3 Å². The summed E-state index contributed by atoms with van der Waals surface area (Å²) in [6, 6.07) is 10.0. The zero-order chi connectivity index (χ0) is 10.7. The fourth-order valence-electron chi connectivity index (χ4n) is 1.51. The minimum Gasteiger partial charge on any atom is -0.453 e. The topological polar surface area (TPSA) is 38.3 Å². The van der Waals surface area contributed by atoms with Gasteiger partial charge in [-0.05, 0) is 12.5 Å². The zero-order valence-electron chi connectivity index (χ0n) is 8.57. The number of hydrogen-bond donors (Lipinski definition) is 1. The quantitative estimate of drug-likeness (QED) is 0.758. The number of esters is 1. The van der Waals surface area contributed by atoms with Crippen molar-refractivity contribution < 1.29 is 9.53 Å². The fraction of sp³-hybridized carbons (Fsp3) is 0.250. The van der Waals surface area contributed by atoms with Crippen LogP contribution in [-0.2, 0) is 16.1 Å². The Morgan fingerprint density at radius 1 is 1.33 bits per heavy atom. The van der Waals surface area contributed by atoms with Crippen LogP contribution in [0.25, 0.3) is 0 Å². The maximum atomic E-state index is 10.9. The molecule has 0 aromatic heterocycles. The molecule has 0 aliphatic carbocycles. The number of hydrogen-bond acceptors (Lipinski definition) is 3. The van der Waals surface area contributed by atoms with Crippen molar-refractivity contribution in [1.29, 1.82) is 0 Å². The molecule has 0 amide bonds. The van der Waals surface area contributed by atoms with E-state index < -0.39 is 0 Å². The Bertz CT molecular complexity index is 384. The van der Waals surface area contributed by atoms with E-state index in [0.29, 0.717) is 6.54 Å². The van der Waals surface area contributed by atoms with E-state index in [9.17, 15) is 4.79 Å². The Labute approximate surface area is 88.8 Å². The van der Waals surface area contributed by atoms with Crippen LogP contribution < -0.4 is 5.32 Å². The Morgan fingerprint density at radius 3 is 2.67 bits per heavy atom. The lowest BCUT2D eigenvalue weighted by Gasteiger charge is -2.11. The summed E-state index contributed by atoms with van der Waals surface area (Å²) < 4.78 is 4.97. The summed E-state index contributed by atoms with van der Waals surface area (Å²) >= 11 is 0. The van der Waals surface area contributed by atoms with Gasteiger partial charge in [-0.2, -0.15) is 0 Å². The van der Waals surface area contributed by atoms with E-state index in [1.807, 2.05) is 37.3 Å². The highest BCUT2D eigenvalue weighted by molar-refractivity contribution is 5.85. The van der Waals surface area contributed by atoms with Gasteiger partial charge in [0.2, 0.25) is 0 Å². The highest BCUT2D eigenvalue weighted by atomic mass is 16.5. The predicted molar refractivity (Wildman–Crippen MR) is 56.9 cm³/mol. The van der Waals surface area contributed by atoms with Crippen LogP contribution in [0.2, 0.25) is 0 Å². The van der Waals surface area contributed by atoms with Crippen LogP contribution >= 0.6 is 0 Å². The first kappa shape index (κ1) is 9.77. The van der Waals surface area contributed by atoms with Crippen LogP contribution in [0.1, 0.15) is 12.5 Å². The number of cyclic esters (lactones) is 1. The smallest absolute Gasteiger partial charge is 0.333 e. The van der Waals surface area contributed by atoms with Crippen molar-refractivity contribution in [2.45, 2.75) is 19.6 Å². The molecule has 1 aromatic carbocycles. The van der Waals surface area contributed by atoms with E-state index in [1.165, 1.54) is 11.6 Å². The maximum absolute atomic E-state index is 10.9. The standard InChI is InChI=1S/C12H13NO2/c1-9-11(7-12(14)15-9)13-8-10-5-3-2-4-6-10/h2-7,9,13H,8H2,1H3. The molecule has 1 N–H and O–H groups in total. The van der Waals surface area contributed by atoms with Crippen LogP contribution in [0.15, 0.2) is 42.1 Å². The molecule has 0 spiro atoms. The predicted octanol–water partition coefficient (Wildman–Crippen LogP) is 1.61. The third-order valence-corrected chi connectivity index (χ3v) is 2.34. The van der Waals surface area contributed by atoms with Crippen molar-refractivity contribution in [3.8, 4) is 0 Å². The van der Waals surface area contributed by atoms with E-state index >= 15 is 0 Å². The molecule has 1 atom stereocenters. The molecular weight excluding hydrogens is 190 g/mol. The van der Waals surface area contributed by atoms with Gasteiger partial charge in [-0.3, -0.25) is 0 Å². The van der Waals surface area contributed by atoms with E-state index in [1.54, 1.807) is 0 Å². The molecule has 0 saturated heterocycles. The molecule has 1 aliphatic heterocycles. The molecule has 1 unspecified atom stereocenters. The molecule has 1 heterocycles. The molecule has 15 heavy (non-hydrogen) atoms. The molecule has 0 saturated carbocycles. The Hall–Kier alpha value is -1.77. The summed E-state index contributed by atoms with van der Waals surface area (Å²) in [4.78, 5) is 10.9. The van der Waals surface area contributed by atoms with Gasteiger partial charge >= 0.3 is 5.97 Å². The van der Waals surface area contributed by atoms with E-state index in [0.717, 1.165) is 5.70 Å². The summed E-state index contributed by atoms with van der Waals surface area (Å²) in [5.41, 5.74) is 2.04. The largest absolute Gasteiger partial charge is 0.453 e. The molecule has 2 rings (SSSR count). The molecule has 0 fully saturated rings. The monoisotopic (exact) mass is 203 g/mol. The molecule has 3 heteroatoms. The second-order valence-electron chi connectivity index (χ2n) is 3.52. The number of ether oxygens (including phenoxy) is 1. The van der Waals surface area contributed by atoms with E-state index in [2.05, 4.69) is 5.32 Å². The first-order valence-corrected chi connectivity index (χ1v) is 4.96. The van der Waals surface area contributed by atoms with Crippen LogP contribution in [0.3, 0.4) is 0 Å². The van der Waals surface area contributed by atoms with Crippen molar-refractivity contribution in [2.24, 2.45) is 0 Å². The van der Waals surface area contributed by atoms with Crippen molar-refractivity contribution >= 4 is 5.97 Å². The van der Waals surface area contributed by atoms with Crippen molar-refractivity contribution in [1.82, 2.24) is 5.32 Å². The highest BCUT2D eigenvalue weighted by Crippen LogP contribution is 2.12. The SMILES string of the molecule is CC1OC(=O)C=C1NCc1ccccc1. The summed E-state index contributed by atoms with van der Waals surface area (Å²) in [5.74, 6) is -0.266. The molecule has 78 valence electrons.